The summed E-state index contributed by atoms with van der Waals surface area (Å²) in [7, 11) is 0. The van der Waals surface area contributed by atoms with Crippen LogP contribution in [0.15, 0.2) is 16.6 Å². The Morgan fingerprint density at radius 3 is 2.93 bits per heavy atom. The molecule has 15 heavy (non-hydrogen) atoms. The van der Waals surface area contributed by atoms with E-state index in [1.54, 1.807) is 18.2 Å². The van der Waals surface area contributed by atoms with Gasteiger partial charge in [0, 0.05) is 4.47 Å². The molecule has 0 heterocycles. The van der Waals surface area contributed by atoms with Crippen LogP contribution in [-0.4, -0.2) is 5.91 Å². The lowest BCUT2D eigenvalue weighted by Gasteiger charge is -2.08. The van der Waals surface area contributed by atoms with Gasteiger partial charge in [-0.05, 0) is 24.6 Å². The summed E-state index contributed by atoms with van der Waals surface area (Å²) in [4.78, 5) is 11.2. The Morgan fingerprint density at radius 2 is 2.33 bits per heavy atom. The van der Waals surface area contributed by atoms with Crippen LogP contribution in [0.4, 0.5) is 5.69 Å². The molecule has 0 spiro atoms. The highest BCUT2D eigenvalue weighted by atomic mass is 79.9. The summed E-state index contributed by atoms with van der Waals surface area (Å²) in [6.07, 6.45) is -0.175. The lowest BCUT2D eigenvalue weighted by Crippen LogP contribution is -2.10. The number of nitriles is 1. The molecule has 0 saturated heterocycles. The average Bonchev–Trinajstić information content (AvgIpc) is 2.20. The minimum absolute atomic E-state index is 0.175. The predicted octanol–water partition coefficient (Wildman–Crippen LogP) is 3.26. The van der Waals surface area contributed by atoms with Crippen molar-refractivity contribution >= 4 is 39.1 Å². The summed E-state index contributed by atoms with van der Waals surface area (Å²) in [5, 5.41) is 11.4. The molecule has 1 rings (SSSR count). The zero-order valence-corrected chi connectivity index (χ0v) is 10.3. The monoisotopic (exact) mass is 286 g/mol. The van der Waals surface area contributed by atoms with Crippen molar-refractivity contribution in [2.75, 3.05) is 5.32 Å². The molecule has 0 fully saturated rings. The Kier molecular flexibility index (Phi) is 4.13. The third kappa shape index (κ3) is 2.95. The van der Waals surface area contributed by atoms with Crippen molar-refractivity contribution in [3.63, 3.8) is 0 Å². The van der Waals surface area contributed by atoms with Gasteiger partial charge in [-0.3, -0.25) is 4.79 Å². The van der Waals surface area contributed by atoms with E-state index in [-0.39, 0.29) is 12.3 Å². The van der Waals surface area contributed by atoms with E-state index in [4.69, 9.17) is 16.9 Å². The first-order valence-electron chi connectivity index (χ1n) is 4.17. The highest BCUT2D eigenvalue weighted by molar-refractivity contribution is 9.10. The highest BCUT2D eigenvalue weighted by Gasteiger charge is 2.08. The van der Waals surface area contributed by atoms with E-state index in [0.29, 0.717) is 10.7 Å². The predicted molar refractivity (Wildman–Crippen MR) is 62.7 cm³/mol. The molecule has 0 aliphatic carbocycles. The number of anilines is 1. The first-order valence-corrected chi connectivity index (χ1v) is 5.34. The number of rotatable bonds is 2. The molecule has 0 unspecified atom stereocenters. The topological polar surface area (TPSA) is 52.9 Å². The van der Waals surface area contributed by atoms with Crippen LogP contribution in [0.25, 0.3) is 0 Å². The van der Waals surface area contributed by atoms with Crippen LogP contribution >= 0.6 is 27.5 Å². The number of hydrogen-bond acceptors (Lipinski definition) is 2. The second-order valence-corrected chi connectivity index (χ2v) is 4.15. The maximum atomic E-state index is 11.2. The lowest BCUT2D eigenvalue weighted by molar-refractivity contribution is -0.115. The molecule has 78 valence electrons. The van der Waals surface area contributed by atoms with Gasteiger partial charge in [0.2, 0.25) is 5.91 Å². The molecule has 1 N–H and O–H groups in total. The van der Waals surface area contributed by atoms with Gasteiger partial charge in [-0.25, -0.2) is 0 Å². The van der Waals surface area contributed by atoms with Crippen molar-refractivity contribution in [2.45, 2.75) is 13.3 Å². The molecule has 0 radical (unpaired) electrons. The summed E-state index contributed by atoms with van der Waals surface area (Å²) < 4.78 is 0.880. The van der Waals surface area contributed by atoms with Crippen molar-refractivity contribution < 1.29 is 4.79 Å². The summed E-state index contributed by atoms with van der Waals surface area (Å²) >= 11 is 9.34. The molecule has 0 aliphatic heterocycles. The van der Waals surface area contributed by atoms with Gasteiger partial charge in [0.25, 0.3) is 0 Å². The Labute approximate surface area is 101 Å². The lowest BCUT2D eigenvalue weighted by atomic mass is 10.2. The average molecular weight is 288 g/mol. The Bertz CT molecular complexity index is 440. The third-order valence-corrected chi connectivity index (χ3v) is 3.18. The first-order chi connectivity index (χ1) is 7.06. The fourth-order valence-corrected chi connectivity index (χ4v) is 1.68. The van der Waals surface area contributed by atoms with Gasteiger partial charge in [-0.15, -0.1) is 0 Å². The van der Waals surface area contributed by atoms with E-state index in [1.165, 1.54) is 0 Å². The van der Waals surface area contributed by atoms with Crippen LogP contribution in [0, 0.1) is 18.3 Å². The molecule has 0 atom stereocenters. The van der Waals surface area contributed by atoms with E-state index in [9.17, 15) is 4.79 Å². The Hall–Kier alpha value is -1.05. The first kappa shape index (κ1) is 12.0. The largest absolute Gasteiger partial charge is 0.324 e. The third-order valence-electron chi connectivity index (χ3n) is 1.83. The molecule has 1 aromatic rings. The molecular weight excluding hydrogens is 279 g/mol. The van der Waals surface area contributed by atoms with Gasteiger partial charge < -0.3 is 5.32 Å². The number of hydrogen-bond donors (Lipinski definition) is 1. The van der Waals surface area contributed by atoms with E-state index in [0.717, 1.165) is 10.0 Å². The molecule has 5 heteroatoms. The second kappa shape index (κ2) is 5.15. The molecule has 0 bridgehead atoms. The number of benzene rings is 1. The van der Waals surface area contributed by atoms with Crippen LogP contribution < -0.4 is 5.32 Å². The normalized spacial score (nSPS) is 9.47. The summed E-state index contributed by atoms with van der Waals surface area (Å²) in [6.45, 7) is 1.84. The zero-order chi connectivity index (χ0) is 11.4. The molecule has 0 aromatic heterocycles. The zero-order valence-electron chi connectivity index (χ0n) is 7.97. The number of carbonyl (C=O) groups excluding carboxylic acids is 1. The van der Waals surface area contributed by atoms with Crippen molar-refractivity contribution in [1.29, 1.82) is 5.26 Å². The second-order valence-electron chi connectivity index (χ2n) is 2.92. The standard InChI is InChI=1S/C10H8BrClN2O/c1-6-7(11)2-3-8(10(6)12)14-9(15)4-5-13/h2-3H,4H2,1H3,(H,14,15). The summed E-state index contributed by atoms with van der Waals surface area (Å²) in [5.41, 5.74) is 1.38. The van der Waals surface area contributed by atoms with Gasteiger partial charge in [0.15, 0.2) is 0 Å². The molecule has 1 aromatic carbocycles. The van der Waals surface area contributed by atoms with Crippen LogP contribution in [-0.2, 0) is 4.79 Å². The maximum Gasteiger partial charge on any atom is 0.238 e. The van der Waals surface area contributed by atoms with Crippen molar-refractivity contribution in [1.82, 2.24) is 0 Å². The molecule has 0 saturated carbocycles. The number of nitrogens with one attached hydrogen (secondary N) is 1. The fourth-order valence-electron chi connectivity index (χ4n) is 1.02. The van der Waals surface area contributed by atoms with E-state index in [1.807, 2.05) is 6.92 Å². The van der Waals surface area contributed by atoms with Gasteiger partial charge in [-0.2, -0.15) is 5.26 Å². The van der Waals surface area contributed by atoms with Gasteiger partial charge in [-0.1, -0.05) is 27.5 Å². The molecule has 1 amide bonds. The maximum absolute atomic E-state index is 11.2. The summed E-state index contributed by atoms with van der Waals surface area (Å²) in [6, 6.07) is 5.25. The fraction of sp³-hybridized carbons (Fsp3) is 0.200. The quantitative estimate of drug-likeness (QED) is 0.907. The van der Waals surface area contributed by atoms with Crippen molar-refractivity contribution in [2.24, 2.45) is 0 Å². The Balaban J connectivity index is 2.93. The van der Waals surface area contributed by atoms with E-state index >= 15 is 0 Å². The minimum atomic E-state index is -0.360. The van der Waals surface area contributed by atoms with E-state index < -0.39 is 0 Å². The van der Waals surface area contributed by atoms with Gasteiger partial charge >= 0.3 is 0 Å². The van der Waals surface area contributed by atoms with Gasteiger partial charge in [0.1, 0.15) is 6.42 Å². The number of amides is 1. The summed E-state index contributed by atoms with van der Waals surface area (Å²) in [5.74, 6) is -0.360. The SMILES string of the molecule is Cc1c(Br)ccc(NC(=O)CC#N)c1Cl. The van der Waals surface area contributed by atoms with Gasteiger partial charge in [0.05, 0.1) is 16.8 Å². The number of nitrogens with zero attached hydrogens (tertiary/aromatic N) is 1. The molecular formula is C10H8BrClN2O. The van der Waals surface area contributed by atoms with Crippen LogP contribution in [0.1, 0.15) is 12.0 Å². The molecule has 3 nitrogen and oxygen atoms in total. The van der Waals surface area contributed by atoms with E-state index in [2.05, 4.69) is 21.2 Å². The van der Waals surface area contributed by atoms with Crippen molar-refractivity contribution in [3.8, 4) is 6.07 Å². The Morgan fingerprint density at radius 1 is 1.67 bits per heavy atom. The van der Waals surface area contributed by atoms with Crippen LogP contribution in [0.2, 0.25) is 5.02 Å². The molecule has 0 aliphatic rings. The smallest absolute Gasteiger partial charge is 0.238 e. The van der Waals surface area contributed by atoms with Crippen LogP contribution in [0.5, 0.6) is 0 Å². The van der Waals surface area contributed by atoms with Crippen LogP contribution in [0.3, 0.4) is 0 Å². The number of carbonyl (C=O) groups is 1. The minimum Gasteiger partial charge on any atom is -0.324 e. The highest BCUT2D eigenvalue weighted by Crippen LogP contribution is 2.30. The van der Waals surface area contributed by atoms with Crippen molar-refractivity contribution in [3.05, 3.63) is 27.2 Å². The number of halogens is 2.